The zero-order valence-electron chi connectivity index (χ0n) is 18.5. The standard InChI is InChI=1S/C25H34NO3/c1-18-19(2)24-22(11-12-25(4,29-24)13-14-26(5)15-16-27)20(3)23(18)28-17-21-9-7-6-8-10-21/h6-10H,11-17H2,1-5H3. The highest BCUT2D eigenvalue weighted by atomic mass is 16.5. The topological polar surface area (TPSA) is 41.6 Å². The maximum atomic E-state index is 10.8. The fraction of sp³-hybridized carbons (Fsp3) is 0.520. The molecule has 1 atom stereocenters. The van der Waals surface area contributed by atoms with Crippen molar-refractivity contribution < 1.29 is 14.6 Å². The van der Waals surface area contributed by atoms with Gasteiger partial charge in [-0.15, -0.1) is 0 Å². The molecule has 157 valence electrons. The normalized spacial score (nSPS) is 18.4. The number of benzene rings is 2. The Morgan fingerprint density at radius 2 is 1.79 bits per heavy atom. The fourth-order valence-corrected chi connectivity index (χ4v) is 4.10. The third-order valence-corrected chi connectivity index (χ3v) is 6.28. The summed E-state index contributed by atoms with van der Waals surface area (Å²) in [6.07, 6.45) is 2.89. The first-order valence-electron chi connectivity index (χ1n) is 10.6. The highest BCUT2D eigenvalue weighted by Gasteiger charge is 2.34. The van der Waals surface area contributed by atoms with E-state index in [0.29, 0.717) is 13.2 Å². The first-order valence-corrected chi connectivity index (χ1v) is 10.6. The van der Waals surface area contributed by atoms with Crippen LogP contribution in [0.3, 0.4) is 0 Å². The van der Waals surface area contributed by atoms with Gasteiger partial charge in [0.05, 0.1) is 6.61 Å². The van der Waals surface area contributed by atoms with Gasteiger partial charge < -0.3 is 14.4 Å². The van der Waals surface area contributed by atoms with Gasteiger partial charge in [0, 0.05) is 18.7 Å². The van der Waals surface area contributed by atoms with E-state index in [4.69, 9.17) is 9.47 Å². The van der Waals surface area contributed by atoms with Gasteiger partial charge in [0.2, 0.25) is 0 Å². The average molecular weight is 397 g/mol. The van der Waals surface area contributed by atoms with Crippen molar-refractivity contribution in [2.75, 3.05) is 26.7 Å². The quantitative estimate of drug-likeness (QED) is 0.629. The Kier molecular flexibility index (Phi) is 6.86. The molecule has 1 aliphatic heterocycles. The van der Waals surface area contributed by atoms with Gasteiger partial charge in [0.25, 0.3) is 0 Å². The molecule has 0 N–H and O–H groups in total. The molecule has 4 nitrogen and oxygen atoms in total. The average Bonchev–Trinajstić information content (AvgIpc) is 2.72. The molecule has 2 aromatic carbocycles. The zero-order chi connectivity index (χ0) is 21.0. The van der Waals surface area contributed by atoms with Crippen LogP contribution in [0.2, 0.25) is 0 Å². The highest BCUT2D eigenvalue weighted by molar-refractivity contribution is 5.59. The second-order valence-corrected chi connectivity index (χ2v) is 8.60. The SMILES string of the molecule is Cc1c(C)c2c(c(C)c1OCc1ccccc1)CCC(C)(CCN(C)CC[O])O2. The van der Waals surface area contributed by atoms with Crippen LogP contribution in [0.15, 0.2) is 30.3 Å². The molecule has 0 saturated carbocycles. The minimum Gasteiger partial charge on any atom is -0.488 e. The summed E-state index contributed by atoms with van der Waals surface area (Å²) in [5.41, 5.74) is 5.79. The van der Waals surface area contributed by atoms with Crippen LogP contribution in [0.25, 0.3) is 0 Å². The molecule has 29 heavy (non-hydrogen) atoms. The molecule has 1 aliphatic rings. The number of fused-ring (bicyclic) bond motifs is 1. The van der Waals surface area contributed by atoms with Crippen molar-refractivity contribution in [2.45, 2.75) is 59.2 Å². The van der Waals surface area contributed by atoms with Gasteiger partial charge in [0.15, 0.2) is 0 Å². The van der Waals surface area contributed by atoms with Crippen molar-refractivity contribution in [2.24, 2.45) is 0 Å². The van der Waals surface area contributed by atoms with Crippen molar-refractivity contribution in [3.8, 4) is 11.5 Å². The van der Waals surface area contributed by atoms with E-state index in [1.807, 2.05) is 25.2 Å². The van der Waals surface area contributed by atoms with Gasteiger partial charge in [-0.1, -0.05) is 30.3 Å². The molecule has 0 bridgehead atoms. The molecule has 0 fully saturated rings. The summed E-state index contributed by atoms with van der Waals surface area (Å²) in [4.78, 5) is 2.10. The second-order valence-electron chi connectivity index (χ2n) is 8.60. The maximum absolute atomic E-state index is 10.8. The summed E-state index contributed by atoms with van der Waals surface area (Å²) in [5.74, 6) is 2.03. The molecule has 0 amide bonds. The molecule has 2 aromatic rings. The van der Waals surface area contributed by atoms with E-state index in [9.17, 15) is 5.11 Å². The molecule has 0 saturated heterocycles. The van der Waals surface area contributed by atoms with Gasteiger partial charge in [-0.05, 0) is 76.3 Å². The number of hydrogen-bond acceptors (Lipinski definition) is 3. The molecule has 3 rings (SSSR count). The van der Waals surface area contributed by atoms with Crippen molar-refractivity contribution in [1.82, 2.24) is 4.90 Å². The van der Waals surface area contributed by atoms with Crippen LogP contribution in [0, 0.1) is 20.8 Å². The molecular formula is C25H34NO3. The fourth-order valence-electron chi connectivity index (χ4n) is 4.10. The van der Waals surface area contributed by atoms with Crippen molar-refractivity contribution in [1.29, 1.82) is 0 Å². The summed E-state index contributed by atoms with van der Waals surface area (Å²) < 4.78 is 12.9. The third kappa shape index (κ3) is 4.93. The Balaban J connectivity index is 1.79. The molecule has 0 spiro atoms. The van der Waals surface area contributed by atoms with Gasteiger partial charge in [-0.25, -0.2) is 5.11 Å². The molecule has 1 heterocycles. The summed E-state index contributed by atoms with van der Waals surface area (Å²) in [7, 11) is 2.01. The largest absolute Gasteiger partial charge is 0.488 e. The summed E-state index contributed by atoms with van der Waals surface area (Å²) >= 11 is 0. The minimum absolute atomic E-state index is 0.0554. The predicted molar refractivity (Wildman–Crippen MR) is 116 cm³/mol. The van der Waals surface area contributed by atoms with E-state index in [-0.39, 0.29) is 12.2 Å². The van der Waals surface area contributed by atoms with E-state index in [1.54, 1.807) is 0 Å². The molecule has 1 unspecified atom stereocenters. The summed E-state index contributed by atoms with van der Waals surface area (Å²) in [5, 5.41) is 10.8. The smallest absolute Gasteiger partial charge is 0.127 e. The molecule has 0 aliphatic carbocycles. The Bertz CT molecular complexity index is 834. The highest BCUT2D eigenvalue weighted by Crippen LogP contribution is 2.44. The lowest BCUT2D eigenvalue weighted by molar-refractivity contribution is 0.0428. The van der Waals surface area contributed by atoms with Gasteiger partial charge in [-0.2, -0.15) is 0 Å². The first-order chi connectivity index (χ1) is 13.8. The van der Waals surface area contributed by atoms with Crippen molar-refractivity contribution in [3.05, 3.63) is 58.1 Å². The predicted octanol–water partition coefficient (Wildman–Crippen LogP) is 5.03. The lowest BCUT2D eigenvalue weighted by Gasteiger charge is -2.39. The Labute approximate surface area is 175 Å². The van der Waals surface area contributed by atoms with Crippen LogP contribution in [0.1, 0.15) is 47.6 Å². The number of nitrogens with zero attached hydrogens (tertiary/aromatic N) is 1. The molecular weight excluding hydrogens is 362 g/mol. The first kappa shape index (κ1) is 21.7. The molecule has 1 radical (unpaired) electrons. The monoisotopic (exact) mass is 396 g/mol. The van der Waals surface area contributed by atoms with Crippen molar-refractivity contribution in [3.63, 3.8) is 0 Å². The van der Waals surface area contributed by atoms with Crippen LogP contribution in [0.4, 0.5) is 0 Å². The summed E-state index contributed by atoms with van der Waals surface area (Å²) in [6.45, 7) is 10.6. The number of likely N-dealkylation sites (N-methyl/N-ethyl adjacent to an activating group) is 1. The Morgan fingerprint density at radius 3 is 2.48 bits per heavy atom. The van der Waals surface area contributed by atoms with Crippen LogP contribution in [-0.4, -0.2) is 37.2 Å². The molecule has 4 heteroatoms. The van der Waals surface area contributed by atoms with Gasteiger partial charge in [-0.3, -0.25) is 0 Å². The zero-order valence-corrected chi connectivity index (χ0v) is 18.5. The van der Waals surface area contributed by atoms with Crippen LogP contribution in [-0.2, 0) is 18.1 Å². The molecule has 0 aromatic heterocycles. The lowest BCUT2D eigenvalue weighted by atomic mass is 9.85. The van der Waals surface area contributed by atoms with E-state index < -0.39 is 0 Å². The van der Waals surface area contributed by atoms with Crippen molar-refractivity contribution >= 4 is 0 Å². The second kappa shape index (κ2) is 9.19. The van der Waals surface area contributed by atoms with Gasteiger partial charge in [0.1, 0.15) is 23.7 Å². The number of ether oxygens (including phenoxy) is 2. The Hall–Kier alpha value is -2.04. The van der Waals surface area contributed by atoms with Crippen LogP contribution < -0.4 is 9.47 Å². The van der Waals surface area contributed by atoms with Gasteiger partial charge >= 0.3 is 0 Å². The lowest BCUT2D eigenvalue weighted by Crippen LogP contribution is -2.40. The van der Waals surface area contributed by atoms with E-state index in [1.165, 1.54) is 22.3 Å². The van der Waals surface area contributed by atoms with E-state index >= 15 is 0 Å². The van der Waals surface area contributed by atoms with Crippen LogP contribution in [0.5, 0.6) is 11.5 Å². The maximum Gasteiger partial charge on any atom is 0.127 e. The summed E-state index contributed by atoms with van der Waals surface area (Å²) in [6, 6.07) is 10.3. The third-order valence-electron chi connectivity index (χ3n) is 6.28. The van der Waals surface area contributed by atoms with E-state index in [2.05, 4.69) is 44.7 Å². The Morgan fingerprint density at radius 1 is 1.07 bits per heavy atom. The van der Waals surface area contributed by atoms with Crippen LogP contribution >= 0.6 is 0 Å². The minimum atomic E-state index is -0.194. The number of hydrogen-bond donors (Lipinski definition) is 0. The van der Waals surface area contributed by atoms with E-state index in [0.717, 1.165) is 42.9 Å². The number of rotatable bonds is 8.